The number of thiazole rings is 1. The van der Waals surface area contributed by atoms with Gasteiger partial charge in [0, 0.05) is 11.6 Å². The van der Waals surface area contributed by atoms with Crippen LogP contribution < -0.4 is 5.32 Å². The van der Waals surface area contributed by atoms with Crippen molar-refractivity contribution in [3.63, 3.8) is 0 Å². The van der Waals surface area contributed by atoms with Gasteiger partial charge in [-0.2, -0.15) is 0 Å². The Balaban J connectivity index is 2.18. The van der Waals surface area contributed by atoms with Crippen LogP contribution in [0.5, 0.6) is 0 Å². The summed E-state index contributed by atoms with van der Waals surface area (Å²) >= 11 is 1.71. The van der Waals surface area contributed by atoms with E-state index in [1.165, 1.54) is 11.1 Å². The van der Waals surface area contributed by atoms with Crippen LogP contribution >= 0.6 is 11.3 Å². The summed E-state index contributed by atoms with van der Waals surface area (Å²) in [6.45, 7) is 7.58. The molecule has 0 saturated heterocycles. The highest BCUT2D eigenvalue weighted by atomic mass is 32.1. The van der Waals surface area contributed by atoms with E-state index in [1.54, 1.807) is 11.3 Å². The Labute approximate surface area is 119 Å². The molecule has 2 aromatic rings. The van der Waals surface area contributed by atoms with E-state index >= 15 is 0 Å². The zero-order chi connectivity index (χ0) is 13.7. The summed E-state index contributed by atoms with van der Waals surface area (Å²) in [6.07, 6.45) is 3.01. The average molecular weight is 274 g/mol. The average Bonchev–Trinajstić information content (AvgIpc) is 2.90. The maximum atomic E-state index is 4.44. The summed E-state index contributed by atoms with van der Waals surface area (Å²) in [5, 5.41) is 6.68. The second-order valence-electron chi connectivity index (χ2n) is 5.20. The summed E-state index contributed by atoms with van der Waals surface area (Å²) in [7, 11) is 0. The van der Waals surface area contributed by atoms with Gasteiger partial charge in [0.2, 0.25) is 0 Å². The highest BCUT2D eigenvalue weighted by Crippen LogP contribution is 2.24. The lowest BCUT2D eigenvalue weighted by Crippen LogP contribution is -2.21. The normalized spacial score (nSPS) is 12.8. The predicted octanol–water partition coefficient (Wildman–Crippen LogP) is 4.04. The number of nitrogens with zero attached hydrogens (tertiary/aromatic N) is 1. The lowest BCUT2D eigenvalue weighted by Gasteiger charge is -2.16. The molecule has 2 rings (SSSR count). The summed E-state index contributed by atoms with van der Waals surface area (Å²) in [5.74, 6) is 0.703. The topological polar surface area (TPSA) is 24.9 Å². The molecule has 1 N–H and O–H groups in total. The second-order valence-corrected chi connectivity index (χ2v) is 6.13. The molecule has 3 heteroatoms. The quantitative estimate of drug-likeness (QED) is 0.860. The molecule has 0 aliphatic carbocycles. The third-order valence-corrected chi connectivity index (χ3v) is 3.90. The molecule has 0 aliphatic heterocycles. The van der Waals surface area contributed by atoms with Crippen LogP contribution in [0, 0.1) is 5.92 Å². The smallest absolute Gasteiger partial charge is 0.114 e. The van der Waals surface area contributed by atoms with E-state index in [0.717, 1.165) is 18.0 Å². The van der Waals surface area contributed by atoms with Crippen LogP contribution in [0.1, 0.15) is 42.9 Å². The van der Waals surface area contributed by atoms with Gasteiger partial charge >= 0.3 is 0 Å². The highest BCUT2D eigenvalue weighted by molar-refractivity contribution is 7.09. The molecule has 1 atom stereocenters. The van der Waals surface area contributed by atoms with E-state index in [0.29, 0.717) is 5.92 Å². The third kappa shape index (κ3) is 3.88. The van der Waals surface area contributed by atoms with E-state index in [4.69, 9.17) is 0 Å². The molecule has 19 heavy (non-hydrogen) atoms. The highest BCUT2D eigenvalue weighted by Gasteiger charge is 2.15. The Hall–Kier alpha value is -1.19. The van der Waals surface area contributed by atoms with Gasteiger partial charge in [-0.15, -0.1) is 11.3 Å². The molecule has 1 heterocycles. The van der Waals surface area contributed by atoms with Crippen LogP contribution in [-0.4, -0.2) is 11.5 Å². The maximum absolute atomic E-state index is 4.44. The number of hydrogen-bond acceptors (Lipinski definition) is 3. The van der Waals surface area contributed by atoms with Gasteiger partial charge in [-0.3, -0.25) is 0 Å². The van der Waals surface area contributed by atoms with Gasteiger partial charge in [0.15, 0.2) is 0 Å². The lowest BCUT2D eigenvalue weighted by molar-refractivity contribution is 0.624. The van der Waals surface area contributed by atoms with Crippen LogP contribution in [0.25, 0.3) is 0 Å². The Morgan fingerprint density at radius 1 is 1.21 bits per heavy atom. The van der Waals surface area contributed by atoms with E-state index in [-0.39, 0.29) is 6.04 Å². The molecule has 2 nitrogen and oxygen atoms in total. The van der Waals surface area contributed by atoms with Gasteiger partial charge < -0.3 is 5.32 Å². The molecule has 0 aliphatic rings. The molecular formula is C16H22N2S. The van der Waals surface area contributed by atoms with Gasteiger partial charge in [-0.25, -0.2) is 4.98 Å². The van der Waals surface area contributed by atoms with Crippen molar-refractivity contribution >= 4 is 11.3 Å². The number of benzene rings is 1. The molecule has 1 unspecified atom stereocenters. The Kier molecular flexibility index (Phi) is 5.11. The van der Waals surface area contributed by atoms with Crippen molar-refractivity contribution in [2.75, 3.05) is 6.54 Å². The number of rotatable bonds is 6. The summed E-state index contributed by atoms with van der Waals surface area (Å²) < 4.78 is 0. The van der Waals surface area contributed by atoms with Crippen LogP contribution in [0.2, 0.25) is 0 Å². The summed E-state index contributed by atoms with van der Waals surface area (Å²) in [5.41, 5.74) is 2.71. The van der Waals surface area contributed by atoms with Crippen LogP contribution in [0.4, 0.5) is 0 Å². The van der Waals surface area contributed by atoms with Crippen LogP contribution in [-0.2, 0) is 6.42 Å². The van der Waals surface area contributed by atoms with Crippen molar-refractivity contribution < 1.29 is 0 Å². The summed E-state index contributed by atoms with van der Waals surface area (Å²) in [4.78, 5) is 4.44. The molecule has 0 spiro atoms. The van der Waals surface area contributed by atoms with Gasteiger partial charge in [0.1, 0.15) is 5.01 Å². The molecule has 0 amide bonds. The zero-order valence-corrected chi connectivity index (χ0v) is 12.7. The molecule has 0 radical (unpaired) electrons. The minimum absolute atomic E-state index is 0.220. The number of hydrogen-bond donors (Lipinski definition) is 1. The maximum Gasteiger partial charge on any atom is 0.114 e. The van der Waals surface area contributed by atoms with Crippen molar-refractivity contribution in [1.82, 2.24) is 10.3 Å². The SMILES string of the molecule is CCNC(c1ccc(CC(C)C)cc1)c1nccs1. The van der Waals surface area contributed by atoms with Crippen LogP contribution in [0.3, 0.4) is 0 Å². The van der Waals surface area contributed by atoms with Crippen molar-refractivity contribution in [3.8, 4) is 0 Å². The van der Waals surface area contributed by atoms with Gasteiger partial charge in [-0.05, 0) is 30.0 Å². The van der Waals surface area contributed by atoms with E-state index in [2.05, 4.69) is 55.3 Å². The van der Waals surface area contributed by atoms with E-state index in [1.807, 2.05) is 11.6 Å². The van der Waals surface area contributed by atoms with E-state index in [9.17, 15) is 0 Å². The molecule has 1 aromatic heterocycles. The molecule has 0 bridgehead atoms. The largest absolute Gasteiger partial charge is 0.305 e. The van der Waals surface area contributed by atoms with Crippen LogP contribution in [0.15, 0.2) is 35.8 Å². The summed E-state index contributed by atoms with van der Waals surface area (Å²) in [6, 6.07) is 9.16. The fraction of sp³-hybridized carbons (Fsp3) is 0.438. The number of nitrogens with one attached hydrogen (secondary N) is 1. The Bertz CT molecular complexity index is 474. The molecular weight excluding hydrogens is 252 g/mol. The standard InChI is InChI=1S/C16H22N2S/c1-4-17-15(16-18-9-10-19-16)14-7-5-13(6-8-14)11-12(2)3/h5-10,12,15,17H,4,11H2,1-3H3. The fourth-order valence-electron chi connectivity index (χ4n) is 2.25. The first-order valence-electron chi connectivity index (χ1n) is 6.92. The Morgan fingerprint density at radius 3 is 2.47 bits per heavy atom. The molecule has 0 fully saturated rings. The lowest BCUT2D eigenvalue weighted by atomic mass is 9.99. The van der Waals surface area contributed by atoms with Crippen molar-refractivity contribution in [1.29, 1.82) is 0 Å². The first kappa shape index (κ1) is 14.2. The molecule has 1 aromatic carbocycles. The minimum atomic E-state index is 0.220. The second kappa shape index (κ2) is 6.83. The van der Waals surface area contributed by atoms with E-state index < -0.39 is 0 Å². The third-order valence-electron chi connectivity index (χ3n) is 3.06. The van der Waals surface area contributed by atoms with Crippen molar-refractivity contribution in [2.24, 2.45) is 5.92 Å². The first-order chi connectivity index (χ1) is 9.20. The van der Waals surface area contributed by atoms with Crippen molar-refractivity contribution in [2.45, 2.75) is 33.2 Å². The minimum Gasteiger partial charge on any atom is -0.305 e. The van der Waals surface area contributed by atoms with Gasteiger partial charge in [0.05, 0.1) is 6.04 Å². The van der Waals surface area contributed by atoms with Gasteiger partial charge in [-0.1, -0.05) is 45.0 Å². The molecule has 0 saturated carbocycles. The van der Waals surface area contributed by atoms with Crippen molar-refractivity contribution in [3.05, 3.63) is 52.0 Å². The monoisotopic (exact) mass is 274 g/mol. The predicted molar refractivity (Wildman–Crippen MR) is 82.6 cm³/mol. The zero-order valence-electron chi connectivity index (χ0n) is 11.9. The fourth-order valence-corrected chi connectivity index (χ4v) is 2.98. The first-order valence-corrected chi connectivity index (χ1v) is 7.80. The van der Waals surface area contributed by atoms with Gasteiger partial charge in [0.25, 0.3) is 0 Å². The molecule has 102 valence electrons. The Morgan fingerprint density at radius 2 is 1.95 bits per heavy atom. The number of aromatic nitrogens is 1.